The number of hydrogen-bond acceptors (Lipinski definition) is 4. The molecule has 1 atom stereocenters. The van der Waals surface area contributed by atoms with Gasteiger partial charge in [-0.2, -0.15) is 0 Å². The van der Waals surface area contributed by atoms with Gasteiger partial charge in [0.15, 0.2) is 11.5 Å². The van der Waals surface area contributed by atoms with Gasteiger partial charge in [0.25, 0.3) is 0 Å². The fourth-order valence-electron chi connectivity index (χ4n) is 3.14. The smallest absolute Gasteiger partial charge is 0.231 e. The topological polar surface area (TPSA) is 64.5 Å². The van der Waals surface area contributed by atoms with Crippen molar-refractivity contribution < 1.29 is 24.6 Å². The lowest BCUT2D eigenvalue weighted by molar-refractivity contribution is -0.676. The van der Waals surface area contributed by atoms with Crippen molar-refractivity contribution in [2.24, 2.45) is 0 Å². The third-order valence-corrected chi connectivity index (χ3v) is 4.66. The van der Waals surface area contributed by atoms with E-state index >= 15 is 0 Å². The van der Waals surface area contributed by atoms with Crippen LogP contribution in [0.2, 0.25) is 0 Å². The van der Waals surface area contributed by atoms with Gasteiger partial charge in [-0.15, -0.1) is 0 Å². The van der Waals surface area contributed by atoms with Gasteiger partial charge in [-0.1, -0.05) is 42.5 Å². The molecule has 0 aliphatic carbocycles. The van der Waals surface area contributed by atoms with Gasteiger partial charge < -0.3 is 24.6 Å². The molecule has 0 bridgehead atoms. The van der Waals surface area contributed by atoms with Crippen LogP contribution >= 0.6 is 0 Å². The monoisotopic (exact) mass is 378 g/mol. The molecular weight excluding hydrogens is 354 g/mol. The first-order chi connectivity index (χ1) is 13.8. The Kier molecular flexibility index (Phi) is 5.75. The zero-order valence-corrected chi connectivity index (χ0v) is 15.6. The molecule has 28 heavy (non-hydrogen) atoms. The predicted octanol–water partition coefficient (Wildman–Crippen LogP) is 2.59. The van der Waals surface area contributed by atoms with E-state index in [1.807, 2.05) is 60.7 Å². The maximum absolute atomic E-state index is 10.2. The summed E-state index contributed by atoms with van der Waals surface area (Å²) in [7, 11) is 0. The van der Waals surface area contributed by atoms with Gasteiger partial charge >= 0.3 is 0 Å². The molecule has 3 aromatic rings. The van der Waals surface area contributed by atoms with Crippen LogP contribution in [0.5, 0.6) is 17.2 Å². The van der Waals surface area contributed by atoms with Crippen LogP contribution in [-0.4, -0.2) is 31.2 Å². The van der Waals surface area contributed by atoms with E-state index in [2.05, 4.69) is 17.4 Å². The molecule has 3 aromatic carbocycles. The van der Waals surface area contributed by atoms with Crippen molar-refractivity contribution in [3.63, 3.8) is 0 Å². The Morgan fingerprint density at radius 2 is 1.64 bits per heavy atom. The van der Waals surface area contributed by atoms with Crippen molar-refractivity contribution in [2.45, 2.75) is 12.6 Å². The van der Waals surface area contributed by atoms with E-state index in [9.17, 15) is 5.11 Å². The van der Waals surface area contributed by atoms with Crippen LogP contribution in [0.3, 0.4) is 0 Å². The van der Waals surface area contributed by atoms with Gasteiger partial charge in [0.1, 0.15) is 31.5 Å². The van der Waals surface area contributed by atoms with Gasteiger partial charge in [-0.25, -0.2) is 0 Å². The molecule has 1 aliphatic heterocycles. The van der Waals surface area contributed by atoms with Gasteiger partial charge in [-0.3, -0.25) is 0 Å². The second-order valence-electron chi connectivity index (χ2n) is 6.77. The molecule has 0 radical (unpaired) electrons. The van der Waals surface area contributed by atoms with E-state index in [0.29, 0.717) is 6.54 Å². The number of nitrogens with two attached hydrogens (primary N) is 1. The van der Waals surface area contributed by atoms with E-state index in [0.717, 1.165) is 34.9 Å². The van der Waals surface area contributed by atoms with E-state index in [1.165, 1.54) is 5.56 Å². The van der Waals surface area contributed by atoms with E-state index in [4.69, 9.17) is 14.2 Å². The van der Waals surface area contributed by atoms with Crippen LogP contribution in [0.1, 0.15) is 5.56 Å². The van der Waals surface area contributed by atoms with Crippen molar-refractivity contribution in [3.8, 4) is 28.4 Å². The average molecular weight is 378 g/mol. The minimum absolute atomic E-state index is 0.266. The summed E-state index contributed by atoms with van der Waals surface area (Å²) in [4.78, 5) is 0. The predicted molar refractivity (Wildman–Crippen MR) is 106 cm³/mol. The molecule has 0 spiro atoms. The first kappa shape index (κ1) is 18.3. The normalized spacial score (nSPS) is 13.3. The minimum atomic E-state index is -0.539. The Morgan fingerprint density at radius 3 is 2.46 bits per heavy atom. The first-order valence-electron chi connectivity index (χ1n) is 9.44. The number of aliphatic hydroxyl groups is 1. The molecule has 1 aliphatic rings. The molecule has 144 valence electrons. The molecule has 1 heterocycles. The standard InChI is InChI=1S/C23H23NO4/c25-20(14-24-13-17-6-11-22-23(12-17)28-16-27-22)15-26-21-9-7-19(8-10-21)18-4-2-1-3-5-18/h1-12,20,24-25H,13-16H2/p+1/t20-/m1/s1. The van der Waals surface area contributed by atoms with E-state index in [-0.39, 0.29) is 13.4 Å². The number of benzene rings is 3. The van der Waals surface area contributed by atoms with Gasteiger partial charge in [0.05, 0.1) is 0 Å². The highest BCUT2D eigenvalue weighted by Crippen LogP contribution is 2.32. The Bertz CT molecular complexity index is 896. The Labute approximate surface area is 164 Å². The van der Waals surface area contributed by atoms with Crippen LogP contribution in [0.15, 0.2) is 72.8 Å². The van der Waals surface area contributed by atoms with Gasteiger partial charge in [0, 0.05) is 5.56 Å². The van der Waals surface area contributed by atoms with E-state index < -0.39 is 6.10 Å². The molecule has 0 aromatic heterocycles. The third-order valence-electron chi connectivity index (χ3n) is 4.66. The summed E-state index contributed by atoms with van der Waals surface area (Å²) < 4.78 is 16.4. The summed E-state index contributed by atoms with van der Waals surface area (Å²) >= 11 is 0. The third kappa shape index (κ3) is 4.63. The number of hydrogen-bond donors (Lipinski definition) is 2. The second kappa shape index (κ2) is 8.78. The number of ether oxygens (including phenoxy) is 3. The van der Waals surface area contributed by atoms with Gasteiger partial charge in [-0.05, 0) is 41.5 Å². The zero-order chi connectivity index (χ0) is 19.2. The van der Waals surface area contributed by atoms with Crippen LogP contribution < -0.4 is 19.5 Å². The summed E-state index contributed by atoms with van der Waals surface area (Å²) in [5.74, 6) is 2.33. The minimum Gasteiger partial charge on any atom is -0.491 e. The first-order valence-corrected chi connectivity index (χ1v) is 9.44. The average Bonchev–Trinajstić information content (AvgIpc) is 3.21. The van der Waals surface area contributed by atoms with Crippen molar-refractivity contribution in [1.29, 1.82) is 0 Å². The SMILES string of the molecule is O[C@H](C[NH2+]Cc1ccc2c(c1)OCO2)COc1ccc(-c2ccccc2)cc1. The highest BCUT2D eigenvalue weighted by Gasteiger charge is 2.14. The maximum atomic E-state index is 10.2. The fraction of sp³-hybridized carbons (Fsp3) is 0.217. The van der Waals surface area contributed by atoms with Crippen LogP contribution in [0.25, 0.3) is 11.1 Å². The summed E-state index contributed by atoms with van der Waals surface area (Å²) in [6.45, 7) is 1.88. The fourth-order valence-corrected chi connectivity index (χ4v) is 3.14. The highest BCUT2D eigenvalue weighted by molar-refractivity contribution is 5.63. The number of quaternary nitrogens is 1. The summed E-state index contributed by atoms with van der Waals surface area (Å²) in [6, 6.07) is 24.1. The molecule has 5 nitrogen and oxygen atoms in total. The molecule has 3 N–H and O–H groups in total. The number of rotatable bonds is 8. The van der Waals surface area contributed by atoms with Crippen molar-refractivity contribution in [2.75, 3.05) is 19.9 Å². The molecule has 0 saturated heterocycles. The molecule has 0 amide bonds. The van der Waals surface area contributed by atoms with E-state index in [1.54, 1.807) is 0 Å². The molecular formula is C23H24NO4+. The molecule has 0 unspecified atom stereocenters. The van der Waals surface area contributed by atoms with Gasteiger partial charge in [0.2, 0.25) is 6.79 Å². The van der Waals surface area contributed by atoms with Crippen LogP contribution in [0, 0.1) is 0 Å². The summed E-state index contributed by atoms with van der Waals surface area (Å²) in [6.07, 6.45) is -0.539. The zero-order valence-electron chi connectivity index (χ0n) is 15.6. The largest absolute Gasteiger partial charge is 0.491 e. The second-order valence-corrected chi connectivity index (χ2v) is 6.77. The van der Waals surface area contributed by atoms with Crippen molar-refractivity contribution >= 4 is 0 Å². The maximum Gasteiger partial charge on any atom is 0.231 e. The van der Waals surface area contributed by atoms with Crippen molar-refractivity contribution in [3.05, 3.63) is 78.4 Å². The van der Waals surface area contributed by atoms with Crippen LogP contribution in [-0.2, 0) is 6.54 Å². The Morgan fingerprint density at radius 1 is 0.893 bits per heavy atom. The molecule has 5 heteroatoms. The lowest BCUT2D eigenvalue weighted by Gasteiger charge is -2.12. The molecule has 0 saturated carbocycles. The quantitative estimate of drug-likeness (QED) is 0.632. The number of fused-ring (bicyclic) bond motifs is 1. The van der Waals surface area contributed by atoms with Crippen molar-refractivity contribution in [1.82, 2.24) is 0 Å². The summed E-state index contributed by atoms with van der Waals surface area (Å²) in [5, 5.41) is 12.2. The lowest BCUT2D eigenvalue weighted by Crippen LogP contribution is -2.85. The molecule has 4 rings (SSSR count). The Balaban J connectivity index is 1.21. The Hall–Kier alpha value is -3.02. The summed E-state index contributed by atoms with van der Waals surface area (Å²) in [5.41, 5.74) is 3.45. The molecule has 0 fully saturated rings. The lowest BCUT2D eigenvalue weighted by atomic mass is 10.1. The number of aliphatic hydroxyl groups excluding tert-OH is 1. The highest BCUT2D eigenvalue weighted by atomic mass is 16.7. The van der Waals surface area contributed by atoms with Crippen LogP contribution in [0.4, 0.5) is 0 Å².